The molecule has 2 aliphatic heterocycles. The molecule has 0 aliphatic carbocycles. The summed E-state index contributed by atoms with van der Waals surface area (Å²) in [5, 5.41) is 0. The summed E-state index contributed by atoms with van der Waals surface area (Å²) in [6.07, 6.45) is 1.96. The van der Waals surface area contributed by atoms with Crippen molar-refractivity contribution < 1.29 is 13.7 Å². The van der Waals surface area contributed by atoms with Crippen LogP contribution in [0.5, 0.6) is 0 Å². The molecule has 3 nitrogen and oxygen atoms in total. The summed E-state index contributed by atoms with van der Waals surface area (Å²) in [4.78, 5) is 0. The first-order valence-electron chi connectivity index (χ1n) is 3.31. The van der Waals surface area contributed by atoms with Crippen LogP contribution >= 0.6 is 0 Å². The predicted octanol–water partition coefficient (Wildman–Crippen LogP) is 0.158. The van der Waals surface area contributed by atoms with Gasteiger partial charge in [-0.3, -0.25) is 0 Å². The Balaban J connectivity index is 2.03. The molecular weight excluding hydrogens is 116 g/mol. The number of hydrogen-bond donors (Lipinski definition) is 0. The lowest BCUT2D eigenvalue weighted by atomic mass is 9.80. The van der Waals surface area contributed by atoms with Crippen molar-refractivity contribution >= 4 is 21.4 Å². The summed E-state index contributed by atoms with van der Waals surface area (Å²) in [5.41, 5.74) is 0. The van der Waals surface area contributed by atoms with Crippen LogP contribution in [-0.2, 0) is 13.7 Å². The van der Waals surface area contributed by atoms with Gasteiger partial charge < -0.3 is 13.7 Å². The van der Waals surface area contributed by atoms with Crippen LogP contribution in [0.1, 0.15) is 0 Å². The fourth-order valence-corrected chi connectivity index (χ4v) is 1.24. The van der Waals surface area contributed by atoms with E-state index in [-0.39, 0.29) is 21.4 Å². The van der Waals surface area contributed by atoms with E-state index in [2.05, 4.69) is 0 Å². The maximum absolute atomic E-state index is 5.23. The fourth-order valence-electron chi connectivity index (χ4n) is 1.24. The van der Waals surface area contributed by atoms with Gasteiger partial charge in [0.15, 0.2) is 0 Å². The molecule has 2 aliphatic rings. The van der Waals surface area contributed by atoms with E-state index in [4.69, 9.17) is 13.7 Å². The van der Waals surface area contributed by atoms with Gasteiger partial charge >= 0.3 is 21.4 Å². The van der Waals surface area contributed by atoms with Crippen LogP contribution in [0.2, 0.25) is 19.5 Å². The fraction of sp³-hybridized carbons (Fsp3) is 1.00. The Hall–Kier alpha value is 0.0748. The topological polar surface area (TPSA) is 27.7 Å². The standard InChI is InChI=1S/C3H7B3O3/c1-4-7-5-2-3-6(8-4)9-5/h2-3H2,1H3. The van der Waals surface area contributed by atoms with Crippen LogP contribution < -0.4 is 0 Å². The highest BCUT2D eigenvalue weighted by Gasteiger charge is 2.43. The molecule has 2 fully saturated rings. The molecule has 2 bridgehead atoms. The second kappa shape index (κ2) is 2.04. The zero-order valence-electron chi connectivity index (χ0n) is 5.37. The molecule has 0 unspecified atom stereocenters. The second-order valence-corrected chi connectivity index (χ2v) is 2.41. The zero-order valence-corrected chi connectivity index (χ0v) is 5.37. The lowest BCUT2D eigenvalue weighted by Crippen LogP contribution is -2.40. The van der Waals surface area contributed by atoms with Gasteiger partial charge in [0.1, 0.15) is 0 Å². The summed E-state index contributed by atoms with van der Waals surface area (Å²) in [5.74, 6) is 0. The van der Waals surface area contributed by atoms with Crippen molar-refractivity contribution in [2.24, 2.45) is 0 Å². The Bertz CT molecular complexity index is 109. The Morgan fingerprint density at radius 1 is 1.00 bits per heavy atom. The summed E-state index contributed by atoms with van der Waals surface area (Å²) >= 11 is 0. The highest BCUT2D eigenvalue weighted by molar-refractivity contribution is 6.76. The summed E-state index contributed by atoms with van der Waals surface area (Å²) < 4.78 is 15.7. The molecule has 0 saturated carbocycles. The molecule has 0 atom stereocenters. The quantitative estimate of drug-likeness (QED) is 0.430. The van der Waals surface area contributed by atoms with Gasteiger partial charge in [-0.15, -0.1) is 0 Å². The lowest BCUT2D eigenvalue weighted by Gasteiger charge is -2.21. The van der Waals surface area contributed by atoms with Crippen molar-refractivity contribution in [3.8, 4) is 0 Å². The SMILES string of the molecule is CB1OB2CCB(O1)O2. The van der Waals surface area contributed by atoms with Crippen molar-refractivity contribution in [3.63, 3.8) is 0 Å². The highest BCUT2D eigenvalue weighted by atomic mass is 16.7. The average molecular weight is 124 g/mol. The molecule has 6 heteroatoms. The molecule has 2 saturated heterocycles. The van der Waals surface area contributed by atoms with E-state index < -0.39 is 0 Å². The van der Waals surface area contributed by atoms with E-state index in [1.807, 2.05) is 6.82 Å². The Labute approximate surface area is 55.5 Å². The number of hydrogen-bond acceptors (Lipinski definition) is 3. The molecule has 46 valence electrons. The maximum atomic E-state index is 5.23. The lowest BCUT2D eigenvalue weighted by molar-refractivity contribution is 0.305. The van der Waals surface area contributed by atoms with Gasteiger partial charge in [-0.25, -0.2) is 0 Å². The molecular formula is C3H7B3O3. The van der Waals surface area contributed by atoms with E-state index in [9.17, 15) is 0 Å². The molecule has 0 aromatic carbocycles. The monoisotopic (exact) mass is 124 g/mol. The molecule has 0 amide bonds. The number of rotatable bonds is 0. The average Bonchev–Trinajstić information content (AvgIpc) is 2.11. The van der Waals surface area contributed by atoms with Crippen LogP contribution in [0.15, 0.2) is 0 Å². The third kappa shape index (κ3) is 1.02. The molecule has 0 aromatic heterocycles. The largest absolute Gasteiger partial charge is 0.453 e. The van der Waals surface area contributed by atoms with Crippen molar-refractivity contribution in [1.29, 1.82) is 0 Å². The molecule has 0 spiro atoms. The van der Waals surface area contributed by atoms with Gasteiger partial charge in [0.25, 0.3) is 0 Å². The van der Waals surface area contributed by atoms with Crippen molar-refractivity contribution in [3.05, 3.63) is 0 Å². The molecule has 0 aromatic rings. The summed E-state index contributed by atoms with van der Waals surface area (Å²) in [6, 6.07) is 0. The first-order chi connectivity index (χ1) is 4.34. The van der Waals surface area contributed by atoms with Gasteiger partial charge in [0, 0.05) is 0 Å². The third-order valence-electron chi connectivity index (χ3n) is 1.63. The minimum Gasteiger partial charge on any atom is -0.453 e. The van der Waals surface area contributed by atoms with Crippen LogP contribution in [0.4, 0.5) is 0 Å². The van der Waals surface area contributed by atoms with Crippen LogP contribution in [0, 0.1) is 0 Å². The van der Waals surface area contributed by atoms with E-state index in [0.29, 0.717) is 0 Å². The van der Waals surface area contributed by atoms with Crippen LogP contribution in [0.25, 0.3) is 0 Å². The Kier molecular flexibility index (Phi) is 1.32. The Morgan fingerprint density at radius 3 is 2.11 bits per heavy atom. The van der Waals surface area contributed by atoms with Crippen LogP contribution in [-0.4, -0.2) is 21.4 Å². The summed E-state index contributed by atoms with van der Waals surface area (Å²) in [6.45, 7) is 1.90. The van der Waals surface area contributed by atoms with Gasteiger partial charge in [0.2, 0.25) is 0 Å². The minimum atomic E-state index is -0.0729. The number of fused-ring (bicyclic) bond motifs is 2. The molecule has 0 N–H and O–H groups in total. The first-order valence-corrected chi connectivity index (χ1v) is 3.31. The summed E-state index contributed by atoms with van der Waals surface area (Å²) in [7, 11) is -0.0475. The van der Waals surface area contributed by atoms with E-state index in [1.54, 1.807) is 0 Å². The van der Waals surface area contributed by atoms with Crippen molar-refractivity contribution in [1.82, 2.24) is 0 Å². The molecule has 2 rings (SSSR count). The predicted molar refractivity (Wildman–Crippen MR) is 36.0 cm³/mol. The van der Waals surface area contributed by atoms with Gasteiger partial charge in [0.05, 0.1) is 0 Å². The highest BCUT2D eigenvalue weighted by Crippen LogP contribution is 2.23. The van der Waals surface area contributed by atoms with Crippen molar-refractivity contribution in [2.75, 3.05) is 0 Å². The smallest absolute Gasteiger partial charge is 0.428 e. The molecule has 9 heavy (non-hydrogen) atoms. The van der Waals surface area contributed by atoms with Crippen LogP contribution in [0.3, 0.4) is 0 Å². The van der Waals surface area contributed by atoms with Gasteiger partial charge in [-0.2, -0.15) is 0 Å². The zero-order chi connectivity index (χ0) is 6.27. The first kappa shape index (κ1) is 5.83. The van der Waals surface area contributed by atoms with E-state index in [1.165, 1.54) is 0 Å². The third-order valence-corrected chi connectivity index (χ3v) is 1.63. The van der Waals surface area contributed by atoms with E-state index in [0.717, 1.165) is 12.6 Å². The molecule has 2 heterocycles. The van der Waals surface area contributed by atoms with Gasteiger partial charge in [-0.05, 0) is 19.5 Å². The normalized spacial score (nSPS) is 25.7. The van der Waals surface area contributed by atoms with Crippen molar-refractivity contribution in [2.45, 2.75) is 19.5 Å². The Morgan fingerprint density at radius 2 is 1.56 bits per heavy atom. The second-order valence-electron chi connectivity index (χ2n) is 2.41. The minimum absolute atomic E-state index is 0.0127. The molecule has 0 radical (unpaired) electrons. The van der Waals surface area contributed by atoms with Gasteiger partial charge in [-0.1, -0.05) is 0 Å². The van der Waals surface area contributed by atoms with E-state index >= 15 is 0 Å². The maximum Gasteiger partial charge on any atom is 0.428 e.